The van der Waals surface area contributed by atoms with Crippen LogP contribution in [-0.2, 0) is 4.74 Å². The van der Waals surface area contributed by atoms with Gasteiger partial charge in [-0.2, -0.15) is 0 Å². The van der Waals surface area contributed by atoms with Crippen LogP contribution in [0.3, 0.4) is 0 Å². The van der Waals surface area contributed by atoms with E-state index in [1.54, 1.807) is 6.07 Å². The summed E-state index contributed by atoms with van der Waals surface area (Å²) in [5.41, 5.74) is 6.24. The molecule has 0 bridgehead atoms. The zero-order chi connectivity index (χ0) is 14.7. The topological polar surface area (TPSA) is 74.4 Å². The Morgan fingerprint density at radius 1 is 1.25 bits per heavy atom. The third-order valence-electron chi connectivity index (χ3n) is 2.80. The van der Waals surface area contributed by atoms with Crippen LogP contribution in [0.1, 0.15) is 10.4 Å². The van der Waals surface area contributed by atoms with Gasteiger partial charge in [0, 0.05) is 23.4 Å². The molecule has 20 heavy (non-hydrogen) atoms. The van der Waals surface area contributed by atoms with Gasteiger partial charge in [-0.25, -0.2) is 14.2 Å². The maximum Gasteiger partial charge on any atom is 0.338 e. The number of halogens is 1. The number of benzene rings is 1. The largest absolute Gasteiger partial charge is 0.497 e. The molecule has 2 aromatic rings. The lowest BCUT2D eigenvalue weighted by Crippen LogP contribution is -2.06. The predicted octanol–water partition coefficient (Wildman–Crippen LogP) is 2.27. The first kappa shape index (κ1) is 13.8. The molecule has 1 aromatic heterocycles. The third-order valence-corrected chi connectivity index (χ3v) is 2.80. The number of nitrogens with two attached hydrogens (primary N) is 1. The minimum atomic E-state index is -0.607. The molecule has 1 aromatic carbocycles. The normalized spacial score (nSPS) is 10.2. The van der Waals surface area contributed by atoms with Crippen molar-refractivity contribution in [3.63, 3.8) is 0 Å². The number of methoxy groups -OCH3 is 2. The van der Waals surface area contributed by atoms with E-state index in [-0.39, 0.29) is 16.9 Å². The summed E-state index contributed by atoms with van der Waals surface area (Å²) >= 11 is 0. The van der Waals surface area contributed by atoms with Gasteiger partial charge in [-0.1, -0.05) is 0 Å². The van der Waals surface area contributed by atoms with E-state index in [2.05, 4.69) is 9.72 Å². The van der Waals surface area contributed by atoms with Gasteiger partial charge in [0.15, 0.2) is 0 Å². The Morgan fingerprint density at radius 2 is 2.00 bits per heavy atom. The molecule has 0 radical (unpaired) electrons. The zero-order valence-electron chi connectivity index (χ0n) is 11.0. The molecule has 0 fully saturated rings. The first-order valence-corrected chi connectivity index (χ1v) is 5.74. The van der Waals surface area contributed by atoms with Crippen molar-refractivity contribution in [3.05, 3.63) is 41.8 Å². The van der Waals surface area contributed by atoms with Crippen LogP contribution in [-0.4, -0.2) is 25.2 Å². The molecule has 5 nitrogen and oxygen atoms in total. The lowest BCUT2D eigenvalue weighted by atomic mass is 10.0. The molecule has 0 aliphatic heterocycles. The van der Waals surface area contributed by atoms with Crippen molar-refractivity contribution in [2.24, 2.45) is 0 Å². The summed E-state index contributed by atoms with van der Waals surface area (Å²) in [5.74, 6) is -0.595. The van der Waals surface area contributed by atoms with Crippen LogP contribution in [0.25, 0.3) is 11.1 Å². The highest BCUT2D eigenvalue weighted by Crippen LogP contribution is 2.29. The Labute approximate surface area is 115 Å². The second-order valence-electron chi connectivity index (χ2n) is 3.99. The van der Waals surface area contributed by atoms with E-state index in [1.165, 1.54) is 38.6 Å². The number of pyridine rings is 1. The number of carbonyl (C=O) groups is 1. The Kier molecular flexibility index (Phi) is 3.84. The van der Waals surface area contributed by atoms with Gasteiger partial charge in [-0.15, -0.1) is 0 Å². The molecule has 0 atom stereocenters. The fourth-order valence-corrected chi connectivity index (χ4v) is 1.81. The molecule has 1 heterocycles. The van der Waals surface area contributed by atoms with Gasteiger partial charge in [0.25, 0.3) is 0 Å². The molecule has 6 heteroatoms. The second-order valence-corrected chi connectivity index (χ2v) is 3.99. The van der Waals surface area contributed by atoms with Gasteiger partial charge in [0.1, 0.15) is 17.4 Å². The number of ether oxygens (including phenoxy) is 2. The zero-order valence-corrected chi connectivity index (χ0v) is 11.0. The van der Waals surface area contributed by atoms with Gasteiger partial charge < -0.3 is 15.2 Å². The van der Waals surface area contributed by atoms with Crippen molar-refractivity contribution in [2.75, 3.05) is 20.0 Å². The van der Waals surface area contributed by atoms with Gasteiger partial charge in [-0.05, 0) is 18.2 Å². The van der Waals surface area contributed by atoms with Crippen molar-refractivity contribution in [1.82, 2.24) is 4.98 Å². The average Bonchev–Trinajstić information content (AvgIpc) is 2.46. The summed E-state index contributed by atoms with van der Waals surface area (Å²) in [6, 6.07) is 5.68. The molecule has 0 saturated carbocycles. The number of carbonyl (C=O) groups excluding carboxylic acids is 1. The highest BCUT2D eigenvalue weighted by molar-refractivity contribution is 5.97. The monoisotopic (exact) mass is 276 g/mol. The molecule has 0 unspecified atom stereocenters. The summed E-state index contributed by atoms with van der Waals surface area (Å²) in [6.07, 6.45) is 1.34. The number of aromatic nitrogens is 1. The average molecular weight is 276 g/mol. The fourth-order valence-electron chi connectivity index (χ4n) is 1.81. The Morgan fingerprint density at radius 3 is 2.60 bits per heavy atom. The molecule has 0 saturated heterocycles. The smallest absolute Gasteiger partial charge is 0.338 e. The SMILES string of the molecule is COC(=O)c1cc(N)ncc1-c1ccc(OC)cc1F. The molecule has 0 spiro atoms. The number of anilines is 1. The molecular formula is C14H13FN2O3. The van der Waals surface area contributed by atoms with Crippen molar-refractivity contribution < 1.29 is 18.7 Å². The molecule has 0 amide bonds. The molecule has 104 valence electrons. The third kappa shape index (κ3) is 2.54. The lowest BCUT2D eigenvalue weighted by Gasteiger charge is -2.10. The van der Waals surface area contributed by atoms with Crippen LogP contribution < -0.4 is 10.5 Å². The quantitative estimate of drug-likeness (QED) is 0.870. The summed E-state index contributed by atoms with van der Waals surface area (Å²) in [5, 5.41) is 0. The van der Waals surface area contributed by atoms with E-state index in [4.69, 9.17) is 10.5 Å². The first-order chi connectivity index (χ1) is 9.56. The number of esters is 1. The number of nitrogen functional groups attached to an aromatic ring is 1. The van der Waals surface area contributed by atoms with Gasteiger partial charge in [-0.3, -0.25) is 0 Å². The molecule has 0 aliphatic carbocycles. The Balaban J connectivity index is 2.60. The molecule has 2 N–H and O–H groups in total. The Bertz CT molecular complexity index is 659. The maximum absolute atomic E-state index is 14.1. The van der Waals surface area contributed by atoms with E-state index < -0.39 is 11.8 Å². The number of nitrogens with zero attached hydrogens (tertiary/aromatic N) is 1. The van der Waals surface area contributed by atoms with Crippen LogP contribution in [0.4, 0.5) is 10.2 Å². The van der Waals surface area contributed by atoms with Crippen LogP contribution in [0.15, 0.2) is 30.5 Å². The number of hydrogen-bond acceptors (Lipinski definition) is 5. The van der Waals surface area contributed by atoms with Crippen LogP contribution in [0.5, 0.6) is 5.75 Å². The van der Waals surface area contributed by atoms with E-state index >= 15 is 0 Å². The van der Waals surface area contributed by atoms with Crippen molar-refractivity contribution >= 4 is 11.8 Å². The highest BCUT2D eigenvalue weighted by atomic mass is 19.1. The summed E-state index contributed by atoms with van der Waals surface area (Å²) in [6.45, 7) is 0. The van der Waals surface area contributed by atoms with E-state index in [0.29, 0.717) is 11.3 Å². The number of hydrogen-bond donors (Lipinski definition) is 1. The van der Waals surface area contributed by atoms with Gasteiger partial charge >= 0.3 is 5.97 Å². The van der Waals surface area contributed by atoms with Crippen molar-refractivity contribution in [3.8, 4) is 16.9 Å². The van der Waals surface area contributed by atoms with Gasteiger partial charge in [0.05, 0.1) is 19.8 Å². The molecular weight excluding hydrogens is 263 g/mol. The maximum atomic E-state index is 14.1. The molecule has 2 rings (SSSR count). The Hall–Kier alpha value is -2.63. The molecule has 0 aliphatic rings. The summed E-state index contributed by atoms with van der Waals surface area (Å²) in [4.78, 5) is 15.6. The highest BCUT2D eigenvalue weighted by Gasteiger charge is 2.17. The van der Waals surface area contributed by atoms with E-state index in [1.807, 2.05) is 0 Å². The minimum absolute atomic E-state index is 0.156. The van der Waals surface area contributed by atoms with Crippen molar-refractivity contribution in [1.29, 1.82) is 0 Å². The summed E-state index contributed by atoms with van der Waals surface area (Å²) < 4.78 is 23.7. The summed E-state index contributed by atoms with van der Waals surface area (Å²) in [7, 11) is 2.69. The van der Waals surface area contributed by atoms with Gasteiger partial charge in [0.2, 0.25) is 0 Å². The van der Waals surface area contributed by atoms with Crippen LogP contribution >= 0.6 is 0 Å². The second kappa shape index (κ2) is 5.56. The lowest BCUT2D eigenvalue weighted by molar-refractivity contribution is 0.0601. The fraction of sp³-hybridized carbons (Fsp3) is 0.143. The standard InChI is InChI=1S/C14H13FN2O3/c1-19-8-3-4-9(12(15)5-8)11-7-17-13(16)6-10(11)14(18)20-2/h3-7H,1-2H3,(H2,16,17). The first-order valence-electron chi connectivity index (χ1n) is 5.74. The minimum Gasteiger partial charge on any atom is -0.497 e. The number of rotatable bonds is 3. The van der Waals surface area contributed by atoms with Crippen molar-refractivity contribution in [2.45, 2.75) is 0 Å². The van der Waals surface area contributed by atoms with E-state index in [0.717, 1.165) is 0 Å². The predicted molar refractivity (Wildman–Crippen MR) is 71.9 cm³/mol. The van der Waals surface area contributed by atoms with E-state index in [9.17, 15) is 9.18 Å². The van der Waals surface area contributed by atoms with Crippen LogP contribution in [0.2, 0.25) is 0 Å². The van der Waals surface area contributed by atoms with Crippen LogP contribution in [0, 0.1) is 5.82 Å².